The number of anilines is 1. The Hall–Kier alpha value is -1.03. The first-order valence-electron chi connectivity index (χ1n) is 7.11. The highest BCUT2D eigenvalue weighted by atomic mass is 35.5. The maximum absolute atomic E-state index is 12.2. The van der Waals surface area contributed by atoms with Gasteiger partial charge < -0.3 is 10.1 Å². The lowest BCUT2D eigenvalue weighted by Gasteiger charge is -2.32. The van der Waals surface area contributed by atoms with E-state index in [-0.39, 0.29) is 10.8 Å². The number of halogens is 3. The molecule has 1 N–H and O–H groups in total. The lowest BCUT2D eigenvalue weighted by atomic mass is 9.83. The molecule has 112 valence electrons. The van der Waals surface area contributed by atoms with Crippen LogP contribution in [0.1, 0.15) is 39.0 Å². The number of nitrogens with one attached hydrogen (secondary N) is 1. The number of benzene rings is 1. The average molecular weight is 304 g/mol. The van der Waals surface area contributed by atoms with Crippen LogP contribution in [0.15, 0.2) is 18.2 Å². The highest BCUT2D eigenvalue weighted by molar-refractivity contribution is 6.32. The zero-order valence-corrected chi connectivity index (χ0v) is 12.3. The zero-order valence-electron chi connectivity index (χ0n) is 11.5. The fourth-order valence-corrected chi connectivity index (χ4v) is 3.11. The maximum Gasteiger partial charge on any atom is 0.387 e. The van der Waals surface area contributed by atoms with Crippen molar-refractivity contribution < 1.29 is 13.5 Å². The largest absolute Gasteiger partial charge is 0.433 e. The van der Waals surface area contributed by atoms with Crippen molar-refractivity contribution in [3.63, 3.8) is 0 Å². The van der Waals surface area contributed by atoms with Crippen molar-refractivity contribution in [2.24, 2.45) is 5.92 Å². The quantitative estimate of drug-likeness (QED) is 0.794. The second-order valence-electron chi connectivity index (χ2n) is 5.23. The second-order valence-corrected chi connectivity index (χ2v) is 5.63. The van der Waals surface area contributed by atoms with Crippen LogP contribution in [0.25, 0.3) is 0 Å². The van der Waals surface area contributed by atoms with Gasteiger partial charge in [-0.05, 0) is 37.0 Å². The molecule has 1 fully saturated rings. The van der Waals surface area contributed by atoms with E-state index in [1.807, 2.05) is 0 Å². The van der Waals surface area contributed by atoms with Crippen LogP contribution >= 0.6 is 11.6 Å². The smallest absolute Gasteiger partial charge is 0.387 e. The van der Waals surface area contributed by atoms with Gasteiger partial charge in [-0.3, -0.25) is 0 Å². The molecule has 2 rings (SSSR count). The number of alkyl halides is 2. The Kier molecular flexibility index (Phi) is 5.46. The molecular weight excluding hydrogens is 284 g/mol. The third-order valence-corrected chi connectivity index (χ3v) is 4.23. The lowest BCUT2D eigenvalue weighted by molar-refractivity contribution is -0.0497. The summed E-state index contributed by atoms with van der Waals surface area (Å²) in [5.41, 5.74) is 0.863. The summed E-state index contributed by atoms with van der Waals surface area (Å²) in [5, 5.41) is 3.68. The monoisotopic (exact) mass is 303 g/mol. The Morgan fingerprint density at radius 3 is 2.75 bits per heavy atom. The van der Waals surface area contributed by atoms with E-state index in [1.54, 1.807) is 12.1 Å². The van der Waals surface area contributed by atoms with Crippen LogP contribution in [0, 0.1) is 5.92 Å². The second kappa shape index (κ2) is 7.11. The van der Waals surface area contributed by atoms with Gasteiger partial charge in [0.15, 0.2) is 0 Å². The summed E-state index contributed by atoms with van der Waals surface area (Å²) in [4.78, 5) is 0. The van der Waals surface area contributed by atoms with Gasteiger partial charge in [-0.25, -0.2) is 0 Å². The van der Waals surface area contributed by atoms with Gasteiger partial charge in [-0.2, -0.15) is 8.78 Å². The van der Waals surface area contributed by atoms with Crippen molar-refractivity contribution in [3.05, 3.63) is 23.2 Å². The molecule has 0 saturated heterocycles. The van der Waals surface area contributed by atoms with Crippen LogP contribution in [0.5, 0.6) is 5.75 Å². The third-order valence-electron chi connectivity index (χ3n) is 3.93. The minimum atomic E-state index is -2.85. The Bertz CT molecular complexity index is 442. The topological polar surface area (TPSA) is 21.3 Å². The molecule has 20 heavy (non-hydrogen) atoms. The van der Waals surface area contributed by atoms with Crippen molar-refractivity contribution in [3.8, 4) is 5.75 Å². The first-order chi connectivity index (χ1) is 9.60. The molecule has 0 heterocycles. The van der Waals surface area contributed by atoms with E-state index in [0.717, 1.165) is 18.5 Å². The normalized spacial score (nSPS) is 22.9. The standard InChI is InChI=1S/C15H20ClF2NO/c1-2-10-5-3-4-6-13(10)19-11-7-8-14(12(16)9-11)20-15(17)18/h7-10,13,15,19H,2-6H2,1H3. The molecule has 0 aliphatic heterocycles. The van der Waals surface area contributed by atoms with Crippen LogP contribution in [0.2, 0.25) is 5.02 Å². The van der Waals surface area contributed by atoms with Crippen LogP contribution < -0.4 is 10.1 Å². The SMILES string of the molecule is CCC1CCCCC1Nc1ccc(OC(F)F)c(Cl)c1. The first-order valence-corrected chi connectivity index (χ1v) is 7.49. The van der Waals surface area contributed by atoms with E-state index in [9.17, 15) is 8.78 Å². The molecule has 0 radical (unpaired) electrons. The summed E-state index contributed by atoms with van der Waals surface area (Å²) in [7, 11) is 0. The summed E-state index contributed by atoms with van der Waals surface area (Å²) in [6, 6.07) is 5.32. The number of ether oxygens (including phenoxy) is 1. The highest BCUT2D eigenvalue weighted by Crippen LogP contribution is 2.32. The molecule has 1 aromatic carbocycles. The van der Waals surface area contributed by atoms with Gasteiger partial charge in [-0.1, -0.05) is 37.8 Å². The minimum Gasteiger partial charge on any atom is -0.433 e. The van der Waals surface area contributed by atoms with Crippen LogP contribution in [-0.4, -0.2) is 12.7 Å². The van der Waals surface area contributed by atoms with Gasteiger partial charge in [0.1, 0.15) is 5.75 Å². The van der Waals surface area contributed by atoms with Crippen molar-refractivity contribution in [2.45, 2.75) is 51.7 Å². The predicted octanol–water partition coefficient (Wildman–Crippen LogP) is 5.32. The van der Waals surface area contributed by atoms with Crippen molar-refractivity contribution >= 4 is 17.3 Å². The van der Waals surface area contributed by atoms with Gasteiger partial charge in [0.25, 0.3) is 0 Å². The first kappa shape index (κ1) is 15.4. The number of hydrogen-bond donors (Lipinski definition) is 1. The molecule has 2 atom stereocenters. The molecule has 1 aliphatic carbocycles. The molecule has 1 saturated carbocycles. The Morgan fingerprint density at radius 2 is 2.10 bits per heavy atom. The fourth-order valence-electron chi connectivity index (χ4n) is 2.88. The van der Waals surface area contributed by atoms with Gasteiger partial charge in [0.2, 0.25) is 0 Å². The number of hydrogen-bond acceptors (Lipinski definition) is 2. The molecule has 2 nitrogen and oxygen atoms in total. The zero-order chi connectivity index (χ0) is 14.5. The molecule has 1 aromatic rings. The lowest BCUT2D eigenvalue weighted by Crippen LogP contribution is -2.31. The Labute approximate surface area is 123 Å². The molecule has 0 spiro atoms. The molecule has 0 aromatic heterocycles. The summed E-state index contributed by atoms with van der Waals surface area (Å²) >= 11 is 5.96. The van der Waals surface area contributed by atoms with Crippen LogP contribution in [0.3, 0.4) is 0 Å². The van der Waals surface area contributed by atoms with Gasteiger partial charge >= 0.3 is 6.61 Å². The molecule has 0 bridgehead atoms. The summed E-state index contributed by atoms with van der Waals surface area (Å²) in [6.07, 6.45) is 6.06. The average Bonchev–Trinajstić information content (AvgIpc) is 2.42. The van der Waals surface area contributed by atoms with E-state index in [1.165, 1.54) is 25.3 Å². The highest BCUT2D eigenvalue weighted by Gasteiger charge is 2.23. The maximum atomic E-state index is 12.2. The predicted molar refractivity (Wildman–Crippen MR) is 77.7 cm³/mol. The molecule has 5 heteroatoms. The van der Waals surface area contributed by atoms with Crippen molar-refractivity contribution in [1.82, 2.24) is 0 Å². The van der Waals surface area contributed by atoms with E-state index in [2.05, 4.69) is 17.0 Å². The Morgan fingerprint density at radius 1 is 1.35 bits per heavy atom. The molecule has 0 amide bonds. The summed E-state index contributed by atoms with van der Waals surface area (Å²) in [6.45, 7) is -0.647. The van der Waals surface area contributed by atoms with Crippen LogP contribution in [-0.2, 0) is 0 Å². The fraction of sp³-hybridized carbons (Fsp3) is 0.600. The van der Waals surface area contributed by atoms with Gasteiger partial charge in [-0.15, -0.1) is 0 Å². The summed E-state index contributed by atoms with van der Waals surface area (Å²) in [5.74, 6) is 0.683. The van der Waals surface area contributed by atoms with Crippen LogP contribution in [0.4, 0.5) is 14.5 Å². The van der Waals surface area contributed by atoms with E-state index >= 15 is 0 Å². The van der Waals surface area contributed by atoms with Crippen molar-refractivity contribution in [2.75, 3.05) is 5.32 Å². The van der Waals surface area contributed by atoms with E-state index in [4.69, 9.17) is 11.6 Å². The molecule has 1 aliphatic rings. The van der Waals surface area contributed by atoms with Gasteiger partial charge in [0.05, 0.1) is 5.02 Å². The Balaban J connectivity index is 2.04. The van der Waals surface area contributed by atoms with Gasteiger partial charge in [0, 0.05) is 11.7 Å². The minimum absolute atomic E-state index is 0.0166. The third kappa shape index (κ3) is 3.98. The van der Waals surface area contributed by atoms with E-state index in [0.29, 0.717) is 12.0 Å². The molecular formula is C15H20ClF2NO. The number of rotatable bonds is 5. The molecule has 2 unspecified atom stereocenters. The van der Waals surface area contributed by atoms with Crippen molar-refractivity contribution in [1.29, 1.82) is 0 Å². The van der Waals surface area contributed by atoms with E-state index < -0.39 is 6.61 Å². The summed E-state index contributed by atoms with van der Waals surface area (Å²) < 4.78 is 28.7.